The predicted octanol–water partition coefficient (Wildman–Crippen LogP) is 3.84. The van der Waals surface area contributed by atoms with Crippen LogP contribution >= 0.6 is 0 Å². The van der Waals surface area contributed by atoms with Crippen molar-refractivity contribution in [1.29, 1.82) is 0 Å². The van der Waals surface area contributed by atoms with E-state index in [-0.39, 0.29) is 17.1 Å². The van der Waals surface area contributed by atoms with Gasteiger partial charge in [-0.3, -0.25) is 4.79 Å². The number of benzene rings is 1. The molecule has 0 aliphatic heterocycles. The fourth-order valence-corrected chi connectivity index (χ4v) is 2.19. The zero-order chi connectivity index (χ0) is 15.6. The van der Waals surface area contributed by atoms with E-state index >= 15 is 0 Å². The highest BCUT2D eigenvalue weighted by Crippen LogP contribution is 2.34. The van der Waals surface area contributed by atoms with Crippen molar-refractivity contribution in [2.24, 2.45) is 0 Å². The molecule has 1 heterocycles. The van der Waals surface area contributed by atoms with Crippen molar-refractivity contribution in [2.45, 2.75) is 26.2 Å². The highest BCUT2D eigenvalue weighted by atomic mass is 16.5. The van der Waals surface area contributed by atoms with Gasteiger partial charge in [0, 0.05) is 5.56 Å². The third kappa shape index (κ3) is 3.05. The van der Waals surface area contributed by atoms with E-state index in [9.17, 15) is 9.59 Å². The molecular formula is C17H18O4. The van der Waals surface area contributed by atoms with Crippen LogP contribution < -0.4 is 0 Å². The molecule has 2 rings (SSSR count). The Hall–Kier alpha value is -2.36. The Morgan fingerprint density at radius 2 is 1.90 bits per heavy atom. The van der Waals surface area contributed by atoms with Gasteiger partial charge in [0.1, 0.15) is 5.76 Å². The Kier molecular flexibility index (Phi) is 3.98. The van der Waals surface area contributed by atoms with Crippen molar-refractivity contribution in [1.82, 2.24) is 0 Å². The van der Waals surface area contributed by atoms with E-state index in [1.165, 1.54) is 7.11 Å². The van der Waals surface area contributed by atoms with Crippen LogP contribution in [0.2, 0.25) is 0 Å². The Balaban J connectivity index is 2.60. The minimum absolute atomic E-state index is 0.187. The maximum absolute atomic E-state index is 11.7. The summed E-state index contributed by atoms with van der Waals surface area (Å²) in [7, 11) is 1.36. The third-order valence-corrected chi connectivity index (χ3v) is 3.26. The van der Waals surface area contributed by atoms with E-state index in [0.29, 0.717) is 17.6 Å². The standard InChI is InChI=1S/C17H18O4/c1-17(2,3)14-9-11(16(19)20-4)5-7-13(14)15-8-6-12(10-18)21-15/h5-10H,1-4H3. The molecule has 21 heavy (non-hydrogen) atoms. The number of carbonyl (C=O) groups is 2. The second kappa shape index (κ2) is 5.56. The maximum atomic E-state index is 11.7. The minimum atomic E-state index is -0.375. The summed E-state index contributed by atoms with van der Waals surface area (Å²) in [5, 5.41) is 0. The first kappa shape index (κ1) is 15.0. The molecule has 0 aliphatic carbocycles. The first-order valence-electron chi connectivity index (χ1n) is 6.65. The van der Waals surface area contributed by atoms with Gasteiger partial charge in [0.2, 0.25) is 0 Å². The highest BCUT2D eigenvalue weighted by molar-refractivity contribution is 5.90. The summed E-state index contributed by atoms with van der Waals surface area (Å²) in [6.07, 6.45) is 0.670. The monoisotopic (exact) mass is 286 g/mol. The summed E-state index contributed by atoms with van der Waals surface area (Å²) in [5.74, 6) is 0.514. The molecule has 0 saturated heterocycles. The highest BCUT2D eigenvalue weighted by Gasteiger charge is 2.22. The van der Waals surface area contributed by atoms with Crippen LogP contribution in [-0.2, 0) is 10.2 Å². The molecule has 0 aliphatic rings. The van der Waals surface area contributed by atoms with E-state index in [0.717, 1.165) is 11.1 Å². The van der Waals surface area contributed by atoms with Crippen LogP contribution in [0.4, 0.5) is 0 Å². The Morgan fingerprint density at radius 3 is 2.43 bits per heavy atom. The molecule has 0 amide bonds. The third-order valence-electron chi connectivity index (χ3n) is 3.26. The molecule has 0 spiro atoms. The van der Waals surface area contributed by atoms with Gasteiger partial charge in [0.25, 0.3) is 0 Å². The van der Waals surface area contributed by atoms with E-state index in [1.807, 2.05) is 12.1 Å². The number of ether oxygens (including phenoxy) is 1. The molecule has 0 saturated carbocycles. The first-order chi connectivity index (χ1) is 9.86. The lowest BCUT2D eigenvalue weighted by atomic mass is 9.82. The van der Waals surface area contributed by atoms with Gasteiger partial charge in [-0.05, 0) is 35.2 Å². The second-order valence-corrected chi connectivity index (χ2v) is 5.82. The van der Waals surface area contributed by atoms with Gasteiger partial charge in [-0.1, -0.05) is 26.8 Å². The normalized spacial score (nSPS) is 11.2. The zero-order valence-electron chi connectivity index (χ0n) is 12.6. The number of rotatable bonds is 3. The topological polar surface area (TPSA) is 56.5 Å². The average Bonchev–Trinajstić information content (AvgIpc) is 2.93. The number of aldehydes is 1. The van der Waals surface area contributed by atoms with Gasteiger partial charge in [0.15, 0.2) is 12.0 Å². The van der Waals surface area contributed by atoms with Gasteiger partial charge in [0.05, 0.1) is 12.7 Å². The number of hydrogen-bond acceptors (Lipinski definition) is 4. The first-order valence-corrected chi connectivity index (χ1v) is 6.65. The van der Waals surface area contributed by atoms with Gasteiger partial charge in [-0.25, -0.2) is 4.79 Å². The second-order valence-electron chi connectivity index (χ2n) is 5.82. The fraction of sp³-hybridized carbons (Fsp3) is 0.294. The quantitative estimate of drug-likeness (QED) is 0.635. The van der Waals surface area contributed by atoms with E-state index in [4.69, 9.17) is 9.15 Å². The van der Waals surface area contributed by atoms with E-state index in [1.54, 1.807) is 18.2 Å². The summed E-state index contributed by atoms with van der Waals surface area (Å²) in [5.41, 5.74) is 2.13. The van der Waals surface area contributed by atoms with E-state index < -0.39 is 0 Å². The molecule has 0 radical (unpaired) electrons. The largest absolute Gasteiger partial charge is 0.465 e. The van der Waals surface area contributed by atoms with Gasteiger partial charge < -0.3 is 9.15 Å². The van der Waals surface area contributed by atoms with Crippen molar-refractivity contribution < 1.29 is 18.7 Å². The summed E-state index contributed by atoms with van der Waals surface area (Å²) >= 11 is 0. The molecule has 0 atom stereocenters. The fourth-order valence-electron chi connectivity index (χ4n) is 2.19. The molecule has 0 fully saturated rings. The molecule has 1 aromatic heterocycles. The molecule has 4 heteroatoms. The molecule has 0 bridgehead atoms. The number of esters is 1. The summed E-state index contributed by atoms with van der Waals surface area (Å²) in [6, 6.07) is 8.71. The van der Waals surface area contributed by atoms with Crippen LogP contribution in [0.15, 0.2) is 34.7 Å². The molecule has 110 valence electrons. The van der Waals surface area contributed by atoms with Crippen LogP contribution in [0, 0.1) is 0 Å². The summed E-state index contributed by atoms with van der Waals surface area (Å²) in [6.45, 7) is 6.16. The number of methoxy groups -OCH3 is 1. The average molecular weight is 286 g/mol. The molecule has 0 unspecified atom stereocenters. The molecule has 4 nitrogen and oxygen atoms in total. The molecule has 2 aromatic rings. The maximum Gasteiger partial charge on any atom is 0.337 e. The number of carbonyl (C=O) groups excluding carboxylic acids is 2. The Bertz CT molecular complexity index is 674. The molecule has 1 aromatic carbocycles. The van der Waals surface area contributed by atoms with Crippen molar-refractivity contribution >= 4 is 12.3 Å². The van der Waals surface area contributed by atoms with Crippen LogP contribution in [0.1, 0.15) is 47.2 Å². The van der Waals surface area contributed by atoms with Gasteiger partial charge in [-0.2, -0.15) is 0 Å². The lowest BCUT2D eigenvalue weighted by Crippen LogP contribution is -2.14. The number of furan rings is 1. The smallest absolute Gasteiger partial charge is 0.337 e. The van der Waals surface area contributed by atoms with Crippen molar-refractivity contribution in [3.8, 4) is 11.3 Å². The van der Waals surface area contributed by atoms with Gasteiger partial charge >= 0.3 is 5.97 Å². The van der Waals surface area contributed by atoms with Gasteiger partial charge in [-0.15, -0.1) is 0 Å². The SMILES string of the molecule is COC(=O)c1ccc(-c2ccc(C=O)o2)c(C(C)(C)C)c1. The zero-order valence-corrected chi connectivity index (χ0v) is 12.6. The number of hydrogen-bond donors (Lipinski definition) is 0. The summed E-state index contributed by atoms with van der Waals surface area (Å²) in [4.78, 5) is 22.5. The lowest BCUT2D eigenvalue weighted by Gasteiger charge is -2.22. The molecule has 0 N–H and O–H groups in total. The van der Waals surface area contributed by atoms with E-state index in [2.05, 4.69) is 20.8 Å². The van der Waals surface area contributed by atoms with Crippen LogP contribution in [0.3, 0.4) is 0 Å². The minimum Gasteiger partial charge on any atom is -0.465 e. The van der Waals surface area contributed by atoms with Crippen LogP contribution in [0.25, 0.3) is 11.3 Å². The Labute approximate surface area is 123 Å². The Morgan fingerprint density at radius 1 is 1.19 bits per heavy atom. The predicted molar refractivity (Wildman–Crippen MR) is 79.6 cm³/mol. The lowest BCUT2D eigenvalue weighted by molar-refractivity contribution is 0.0600. The van der Waals surface area contributed by atoms with Crippen LogP contribution in [0.5, 0.6) is 0 Å². The van der Waals surface area contributed by atoms with Crippen molar-refractivity contribution in [3.63, 3.8) is 0 Å². The summed E-state index contributed by atoms with van der Waals surface area (Å²) < 4.78 is 10.3. The van der Waals surface area contributed by atoms with Crippen molar-refractivity contribution in [2.75, 3.05) is 7.11 Å². The van der Waals surface area contributed by atoms with Crippen molar-refractivity contribution in [3.05, 3.63) is 47.2 Å². The van der Waals surface area contributed by atoms with Crippen LogP contribution in [-0.4, -0.2) is 19.4 Å². The molecular weight excluding hydrogens is 268 g/mol.